The van der Waals surface area contributed by atoms with Gasteiger partial charge >= 0.3 is 13.8 Å². The van der Waals surface area contributed by atoms with Crippen molar-refractivity contribution >= 4 is 19.7 Å². The highest BCUT2D eigenvalue weighted by Gasteiger charge is 2.49. The molecule has 1 rings (SSSR count). The first kappa shape index (κ1) is 34.1. The van der Waals surface area contributed by atoms with Crippen LogP contribution in [0.4, 0.5) is 0 Å². The normalized spacial score (nSPS) is 26.9. The smallest absolute Gasteiger partial charge is 0.474 e. The summed E-state index contributed by atoms with van der Waals surface area (Å²) in [6.07, 6.45) is -1.93. The van der Waals surface area contributed by atoms with E-state index in [0.29, 0.717) is 0 Å². The molecule has 218 valence electrons. The summed E-state index contributed by atoms with van der Waals surface area (Å²) < 4.78 is 31.7. The molecule has 0 saturated carbocycles. The first-order valence-corrected chi connectivity index (χ1v) is 13.6. The van der Waals surface area contributed by atoms with E-state index in [4.69, 9.17) is 15.2 Å². The van der Waals surface area contributed by atoms with Crippen molar-refractivity contribution in [1.82, 2.24) is 0 Å². The molecule has 0 aromatic heterocycles. The van der Waals surface area contributed by atoms with Crippen LogP contribution in [-0.4, -0.2) is 87.2 Å². The van der Waals surface area contributed by atoms with Gasteiger partial charge in [-0.15, -0.1) is 0 Å². The number of allylic oxidation sites excluding steroid dienone is 5. The van der Waals surface area contributed by atoms with Crippen LogP contribution in [0.15, 0.2) is 34.9 Å². The molecular weight excluding hydrogens is 525 g/mol. The van der Waals surface area contributed by atoms with Crippen molar-refractivity contribution < 1.29 is 58.0 Å². The lowest BCUT2D eigenvalue weighted by atomic mass is 9.99. The molecule has 1 amide bonds. The zero-order chi connectivity index (χ0) is 29.0. The molecule has 1 heterocycles. The zero-order valence-corrected chi connectivity index (χ0v) is 23.0. The Hall–Kier alpha value is -1.93. The molecule has 0 radical (unpaired) electrons. The minimum Gasteiger partial charge on any atom is -0.479 e. The van der Waals surface area contributed by atoms with E-state index < -0.39 is 63.1 Å². The van der Waals surface area contributed by atoms with Crippen molar-refractivity contribution in [1.29, 1.82) is 0 Å². The lowest BCUT2D eigenvalue weighted by molar-refractivity contribution is -0.270. The molecule has 0 spiro atoms. The van der Waals surface area contributed by atoms with Crippen LogP contribution >= 0.6 is 7.82 Å². The molecule has 7 atom stereocenters. The molecule has 13 nitrogen and oxygen atoms in total. The fourth-order valence-electron chi connectivity index (χ4n) is 3.33. The van der Waals surface area contributed by atoms with E-state index in [1.807, 2.05) is 6.92 Å². The Bertz CT molecular complexity index is 929. The Balaban J connectivity index is 2.57. The summed E-state index contributed by atoms with van der Waals surface area (Å²) in [6, 6.07) is 0. The van der Waals surface area contributed by atoms with E-state index in [1.54, 1.807) is 6.08 Å². The standard InChI is InChI=1S/C24H40NO12P/c1-14(2)7-5-8-15(3)9-6-10-16(4)11-12-34-17(23(30)31)13-35-38(32,33)37-24-20(28)18(26)19(27)21(36-24)22(25)29/h7,9,11,17-21,24,26-28H,5-6,8,10,12-13H2,1-4H3,(H2,25,29)(H,30,31)(H,32,33)/b15-9+,16-11-/t17?,18-,19+,20?,21?,24+/m0/s1. The first-order valence-electron chi connectivity index (χ1n) is 12.1. The van der Waals surface area contributed by atoms with Gasteiger partial charge in [0.25, 0.3) is 0 Å². The maximum Gasteiger partial charge on any atom is 0.474 e. The molecule has 38 heavy (non-hydrogen) atoms. The molecule has 0 aliphatic carbocycles. The molecule has 14 heteroatoms. The van der Waals surface area contributed by atoms with Crippen molar-refractivity contribution in [2.75, 3.05) is 13.2 Å². The van der Waals surface area contributed by atoms with Crippen LogP contribution in [0.25, 0.3) is 0 Å². The number of rotatable bonds is 16. The summed E-state index contributed by atoms with van der Waals surface area (Å²) >= 11 is 0. The predicted octanol–water partition coefficient (Wildman–Crippen LogP) is 1.30. The molecule has 7 N–H and O–H groups in total. The van der Waals surface area contributed by atoms with E-state index in [9.17, 15) is 39.5 Å². The number of carbonyl (C=O) groups is 2. The summed E-state index contributed by atoms with van der Waals surface area (Å²) in [4.78, 5) is 32.7. The highest BCUT2D eigenvalue weighted by molar-refractivity contribution is 7.47. The van der Waals surface area contributed by atoms with Crippen molar-refractivity contribution in [3.63, 3.8) is 0 Å². The lowest BCUT2D eigenvalue weighted by Crippen LogP contribution is -2.61. The number of carboxylic acid groups (broad SMARTS) is 1. The quantitative estimate of drug-likeness (QED) is 0.115. The summed E-state index contributed by atoms with van der Waals surface area (Å²) in [6.45, 7) is 7.07. The van der Waals surface area contributed by atoms with Gasteiger partial charge in [-0.1, -0.05) is 34.9 Å². The summed E-state index contributed by atoms with van der Waals surface area (Å²) in [5.41, 5.74) is 8.57. The number of carbonyl (C=O) groups excluding carboxylic acids is 1. The monoisotopic (exact) mass is 565 g/mol. The Kier molecular flexibility index (Phi) is 14.6. The lowest BCUT2D eigenvalue weighted by Gasteiger charge is -2.38. The van der Waals surface area contributed by atoms with Gasteiger partial charge in [0, 0.05) is 0 Å². The SMILES string of the molecule is CC(C)=CCC/C(C)=C/CC/C(C)=C\COC(COP(=O)(O)O[C@H]1OC(C(N)=O)[C@H](O)[C@H](O)C1O)C(=O)O. The maximum atomic E-state index is 12.3. The number of ether oxygens (including phenoxy) is 2. The molecule has 1 aliphatic heterocycles. The minimum atomic E-state index is -5.08. The molecule has 1 saturated heterocycles. The van der Waals surface area contributed by atoms with Gasteiger partial charge in [0.1, 0.15) is 18.3 Å². The molecule has 0 aromatic carbocycles. The third kappa shape index (κ3) is 12.3. The van der Waals surface area contributed by atoms with Gasteiger partial charge in [-0.2, -0.15) is 0 Å². The summed E-state index contributed by atoms with van der Waals surface area (Å²) in [7, 11) is -5.08. The second kappa shape index (κ2) is 16.2. The number of primary amides is 1. The van der Waals surface area contributed by atoms with E-state index in [0.717, 1.165) is 31.3 Å². The number of phosphoric ester groups is 1. The number of aliphatic hydroxyl groups excluding tert-OH is 3. The highest BCUT2D eigenvalue weighted by Crippen LogP contribution is 2.46. The summed E-state index contributed by atoms with van der Waals surface area (Å²) in [5.74, 6) is -2.69. The molecule has 0 aromatic rings. The second-order valence-electron chi connectivity index (χ2n) is 9.29. The Labute approximate surface area is 222 Å². The van der Waals surface area contributed by atoms with Crippen LogP contribution in [0.5, 0.6) is 0 Å². The third-order valence-corrected chi connectivity index (χ3v) is 6.55. The highest BCUT2D eigenvalue weighted by atomic mass is 31.2. The molecular formula is C24H40NO12P. The topological polar surface area (TPSA) is 215 Å². The average Bonchev–Trinajstić information content (AvgIpc) is 2.80. The second-order valence-corrected chi connectivity index (χ2v) is 10.7. The number of aliphatic hydroxyl groups is 3. The van der Waals surface area contributed by atoms with Gasteiger partial charge < -0.3 is 40.5 Å². The fraction of sp³-hybridized carbons (Fsp3) is 0.667. The zero-order valence-electron chi connectivity index (χ0n) is 22.1. The fourth-order valence-corrected chi connectivity index (χ4v) is 4.15. The predicted molar refractivity (Wildman–Crippen MR) is 136 cm³/mol. The molecule has 1 fully saturated rings. The van der Waals surface area contributed by atoms with Gasteiger partial charge in [0.15, 0.2) is 18.5 Å². The number of carboxylic acids is 1. The largest absolute Gasteiger partial charge is 0.479 e. The third-order valence-electron chi connectivity index (χ3n) is 5.60. The summed E-state index contributed by atoms with van der Waals surface area (Å²) in [5, 5.41) is 38.8. The Morgan fingerprint density at radius 1 is 0.974 bits per heavy atom. The van der Waals surface area contributed by atoms with Gasteiger partial charge in [-0.25, -0.2) is 9.36 Å². The first-order chi connectivity index (χ1) is 17.6. The Morgan fingerprint density at radius 3 is 2.11 bits per heavy atom. The van der Waals surface area contributed by atoms with E-state index >= 15 is 0 Å². The van der Waals surface area contributed by atoms with Crippen LogP contribution in [0.1, 0.15) is 53.4 Å². The van der Waals surface area contributed by atoms with Gasteiger partial charge in [-0.05, 0) is 53.4 Å². The van der Waals surface area contributed by atoms with Gasteiger partial charge in [0.05, 0.1) is 13.2 Å². The molecule has 4 unspecified atom stereocenters. The van der Waals surface area contributed by atoms with Gasteiger partial charge in [0.2, 0.25) is 5.91 Å². The van der Waals surface area contributed by atoms with Crippen LogP contribution < -0.4 is 5.73 Å². The van der Waals surface area contributed by atoms with Crippen molar-refractivity contribution in [3.05, 3.63) is 34.9 Å². The van der Waals surface area contributed by atoms with Crippen LogP contribution in [-0.2, 0) is 32.7 Å². The van der Waals surface area contributed by atoms with E-state index in [1.165, 1.54) is 11.1 Å². The number of hydrogen-bond acceptors (Lipinski definition) is 10. The van der Waals surface area contributed by atoms with Crippen LogP contribution in [0, 0.1) is 0 Å². The molecule has 1 aliphatic rings. The van der Waals surface area contributed by atoms with Gasteiger partial charge in [-0.3, -0.25) is 13.8 Å². The number of aliphatic carboxylic acids is 1. The maximum absolute atomic E-state index is 12.3. The number of amides is 1. The van der Waals surface area contributed by atoms with Crippen molar-refractivity contribution in [3.8, 4) is 0 Å². The number of hydrogen-bond donors (Lipinski definition) is 6. The van der Waals surface area contributed by atoms with Crippen LogP contribution in [0.2, 0.25) is 0 Å². The number of phosphoric acid groups is 1. The van der Waals surface area contributed by atoms with Crippen molar-refractivity contribution in [2.24, 2.45) is 5.73 Å². The minimum absolute atomic E-state index is 0.0964. The van der Waals surface area contributed by atoms with E-state index in [-0.39, 0.29) is 6.61 Å². The van der Waals surface area contributed by atoms with E-state index in [2.05, 4.69) is 42.0 Å². The molecule has 0 bridgehead atoms. The van der Waals surface area contributed by atoms with Crippen molar-refractivity contribution in [2.45, 2.75) is 90.2 Å². The average molecular weight is 566 g/mol. The Morgan fingerprint density at radius 2 is 1.55 bits per heavy atom. The van der Waals surface area contributed by atoms with Crippen LogP contribution in [0.3, 0.4) is 0 Å². The number of nitrogens with two attached hydrogens (primary N) is 1.